The maximum absolute atomic E-state index is 10.3. The van der Waals surface area contributed by atoms with Gasteiger partial charge in [-0.05, 0) is 12.1 Å². The van der Waals surface area contributed by atoms with Crippen LogP contribution < -0.4 is 5.73 Å². The second-order valence-electron chi connectivity index (χ2n) is 2.28. The first-order valence-corrected chi connectivity index (χ1v) is 3.33. The van der Waals surface area contributed by atoms with Gasteiger partial charge in [-0.3, -0.25) is 4.79 Å². The van der Waals surface area contributed by atoms with E-state index < -0.39 is 12.0 Å². The summed E-state index contributed by atoms with van der Waals surface area (Å²) >= 11 is 0. The summed E-state index contributed by atoms with van der Waals surface area (Å²) < 4.78 is 4.90. The molecule has 0 amide bonds. The quantitative estimate of drug-likeness (QED) is 0.588. The van der Waals surface area contributed by atoms with Gasteiger partial charge in [0.25, 0.3) is 0 Å². The molecule has 1 aromatic rings. The molecule has 1 atom stereocenters. The lowest BCUT2D eigenvalue weighted by atomic mass is 10.2. The van der Waals surface area contributed by atoms with Gasteiger partial charge in [-0.2, -0.15) is 0 Å². The van der Waals surface area contributed by atoms with Crippen LogP contribution in [0.15, 0.2) is 16.5 Å². The number of hydrogen-bond acceptors (Lipinski definition) is 4. The Morgan fingerprint density at radius 3 is 2.75 bits per heavy atom. The minimum atomic E-state index is -1.16. The van der Waals surface area contributed by atoms with Crippen LogP contribution in [0.5, 0.6) is 0 Å². The summed E-state index contributed by atoms with van der Waals surface area (Å²) in [5.74, 6) is -0.706. The molecule has 0 bridgehead atoms. The zero-order valence-corrected chi connectivity index (χ0v) is 6.23. The minimum Gasteiger partial charge on any atom is -0.480 e. The molecule has 5 heteroatoms. The third kappa shape index (κ3) is 1.63. The summed E-state index contributed by atoms with van der Waals surface area (Å²) in [5, 5.41) is 17.1. The van der Waals surface area contributed by atoms with E-state index in [-0.39, 0.29) is 12.4 Å². The van der Waals surface area contributed by atoms with E-state index in [1.54, 1.807) is 0 Å². The van der Waals surface area contributed by atoms with E-state index in [1.165, 1.54) is 12.1 Å². The lowest BCUT2D eigenvalue weighted by Gasteiger charge is -2.00. The van der Waals surface area contributed by atoms with Crippen molar-refractivity contribution in [2.75, 3.05) is 0 Å². The first kappa shape index (κ1) is 8.76. The Kier molecular flexibility index (Phi) is 2.47. The van der Waals surface area contributed by atoms with Crippen molar-refractivity contribution in [3.63, 3.8) is 0 Å². The van der Waals surface area contributed by atoms with Crippen molar-refractivity contribution in [2.24, 2.45) is 5.73 Å². The van der Waals surface area contributed by atoms with Crippen LogP contribution in [0, 0.1) is 0 Å². The summed E-state index contributed by atoms with van der Waals surface area (Å²) in [6, 6.07) is 1.76. The van der Waals surface area contributed by atoms with Crippen molar-refractivity contribution >= 4 is 5.97 Å². The Labute approximate surface area is 68.4 Å². The van der Waals surface area contributed by atoms with E-state index in [4.69, 9.17) is 20.4 Å². The van der Waals surface area contributed by atoms with Gasteiger partial charge >= 0.3 is 5.97 Å². The Balaban J connectivity index is 2.81. The average molecular weight is 171 g/mol. The fraction of sp³-hybridized carbons (Fsp3) is 0.286. The van der Waals surface area contributed by atoms with Crippen LogP contribution in [0.4, 0.5) is 0 Å². The van der Waals surface area contributed by atoms with Crippen molar-refractivity contribution in [1.82, 2.24) is 0 Å². The number of furan rings is 1. The van der Waals surface area contributed by atoms with Gasteiger partial charge in [-0.25, -0.2) is 0 Å². The fourth-order valence-electron chi connectivity index (χ4n) is 0.768. The topological polar surface area (TPSA) is 96.7 Å². The predicted octanol–water partition coefficient (Wildman–Crippen LogP) is -0.144. The molecule has 0 aliphatic rings. The standard InChI is InChI=1S/C7H9NO4/c8-6(7(10)11)5-2-1-4(3-9)12-5/h1-2,6,9H,3,8H2,(H,10,11)/t6-/m0/s1. The molecule has 4 N–H and O–H groups in total. The van der Waals surface area contributed by atoms with Gasteiger partial charge in [0.05, 0.1) is 0 Å². The molecule has 5 nitrogen and oxygen atoms in total. The third-order valence-corrected chi connectivity index (χ3v) is 1.41. The molecule has 0 saturated carbocycles. The van der Waals surface area contributed by atoms with E-state index in [1.807, 2.05) is 0 Å². The molecule has 0 aromatic carbocycles. The van der Waals surface area contributed by atoms with Crippen molar-refractivity contribution in [2.45, 2.75) is 12.6 Å². The summed E-state index contributed by atoms with van der Waals surface area (Å²) in [6.45, 7) is -0.258. The smallest absolute Gasteiger partial charge is 0.328 e. The van der Waals surface area contributed by atoms with Gasteiger partial charge in [0, 0.05) is 0 Å². The Bertz CT molecular complexity index is 281. The maximum Gasteiger partial charge on any atom is 0.328 e. The van der Waals surface area contributed by atoms with Crippen LogP contribution in [0.2, 0.25) is 0 Å². The van der Waals surface area contributed by atoms with Crippen LogP contribution in [-0.2, 0) is 11.4 Å². The summed E-state index contributed by atoms with van der Waals surface area (Å²) in [4.78, 5) is 10.3. The lowest BCUT2D eigenvalue weighted by Crippen LogP contribution is -2.19. The van der Waals surface area contributed by atoms with Gasteiger partial charge in [0.2, 0.25) is 0 Å². The SMILES string of the molecule is N[C@H](C(=O)O)c1ccc(CO)o1. The number of nitrogens with two attached hydrogens (primary N) is 1. The Morgan fingerprint density at radius 2 is 2.33 bits per heavy atom. The van der Waals surface area contributed by atoms with Gasteiger partial charge in [-0.1, -0.05) is 0 Å². The van der Waals surface area contributed by atoms with Crippen LogP contribution in [0.3, 0.4) is 0 Å². The van der Waals surface area contributed by atoms with Crippen molar-refractivity contribution in [3.05, 3.63) is 23.7 Å². The number of carbonyl (C=O) groups is 1. The first-order valence-electron chi connectivity index (χ1n) is 3.33. The number of aliphatic hydroxyl groups excluding tert-OH is 1. The first-order chi connectivity index (χ1) is 5.65. The van der Waals surface area contributed by atoms with Crippen LogP contribution in [0.25, 0.3) is 0 Å². The summed E-state index contributed by atoms with van der Waals surface area (Å²) in [6.07, 6.45) is 0. The number of carboxylic acid groups (broad SMARTS) is 1. The number of hydrogen-bond donors (Lipinski definition) is 3. The second-order valence-corrected chi connectivity index (χ2v) is 2.28. The highest BCUT2D eigenvalue weighted by atomic mass is 16.4. The van der Waals surface area contributed by atoms with E-state index in [0.29, 0.717) is 5.76 Å². The minimum absolute atomic E-state index is 0.145. The van der Waals surface area contributed by atoms with Gasteiger partial charge in [0.1, 0.15) is 18.1 Å². The van der Waals surface area contributed by atoms with Crippen molar-refractivity contribution in [3.8, 4) is 0 Å². The Morgan fingerprint density at radius 1 is 1.67 bits per heavy atom. The average Bonchev–Trinajstić information content (AvgIpc) is 2.50. The van der Waals surface area contributed by atoms with Crippen LogP contribution >= 0.6 is 0 Å². The van der Waals surface area contributed by atoms with E-state index in [2.05, 4.69) is 0 Å². The molecule has 1 heterocycles. The number of carboxylic acids is 1. The number of aliphatic hydroxyl groups is 1. The molecule has 0 saturated heterocycles. The monoisotopic (exact) mass is 171 g/mol. The maximum atomic E-state index is 10.3. The fourth-order valence-corrected chi connectivity index (χ4v) is 0.768. The zero-order chi connectivity index (χ0) is 9.14. The largest absolute Gasteiger partial charge is 0.480 e. The molecule has 0 aliphatic carbocycles. The molecule has 0 unspecified atom stereocenters. The normalized spacial score (nSPS) is 12.8. The summed E-state index contributed by atoms with van der Waals surface area (Å²) in [5.41, 5.74) is 5.23. The molecule has 0 radical (unpaired) electrons. The second kappa shape index (κ2) is 3.38. The van der Waals surface area contributed by atoms with E-state index in [0.717, 1.165) is 0 Å². The van der Waals surface area contributed by atoms with Crippen LogP contribution in [0.1, 0.15) is 17.6 Å². The lowest BCUT2D eigenvalue weighted by molar-refractivity contribution is -0.139. The third-order valence-electron chi connectivity index (χ3n) is 1.41. The molecular weight excluding hydrogens is 162 g/mol. The number of aliphatic carboxylic acids is 1. The molecule has 1 rings (SSSR count). The molecule has 66 valence electrons. The molecule has 1 aromatic heterocycles. The van der Waals surface area contributed by atoms with Crippen molar-refractivity contribution < 1.29 is 19.4 Å². The summed E-state index contributed by atoms with van der Waals surface area (Å²) in [7, 11) is 0. The highest BCUT2D eigenvalue weighted by Gasteiger charge is 2.17. The van der Waals surface area contributed by atoms with E-state index >= 15 is 0 Å². The van der Waals surface area contributed by atoms with Gasteiger partial charge in [0.15, 0.2) is 6.04 Å². The van der Waals surface area contributed by atoms with Crippen LogP contribution in [-0.4, -0.2) is 16.2 Å². The highest BCUT2D eigenvalue weighted by molar-refractivity contribution is 5.74. The zero-order valence-electron chi connectivity index (χ0n) is 6.23. The van der Waals surface area contributed by atoms with Gasteiger partial charge in [-0.15, -0.1) is 0 Å². The molecule has 0 aliphatic heterocycles. The molecular formula is C7H9NO4. The predicted molar refractivity (Wildman–Crippen MR) is 39.2 cm³/mol. The van der Waals surface area contributed by atoms with E-state index in [9.17, 15) is 4.79 Å². The van der Waals surface area contributed by atoms with Gasteiger partial charge < -0.3 is 20.4 Å². The Hall–Kier alpha value is -1.33. The van der Waals surface area contributed by atoms with Crippen molar-refractivity contribution in [1.29, 1.82) is 0 Å². The molecule has 0 spiro atoms. The molecule has 0 fully saturated rings. The highest BCUT2D eigenvalue weighted by Crippen LogP contribution is 2.14. The molecule has 12 heavy (non-hydrogen) atoms. The number of rotatable bonds is 3.